The molecule has 1 aliphatic carbocycles. The Morgan fingerprint density at radius 3 is 2.60 bits per heavy atom. The van der Waals surface area contributed by atoms with Gasteiger partial charge in [-0.15, -0.1) is 0 Å². The maximum Gasteiger partial charge on any atom is 0.246 e. The predicted molar refractivity (Wildman–Crippen MR) is 78.5 cm³/mol. The van der Waals surface area contributed by atoms with E-state index in [0.29, 0.717) is 12.0 Å². The van der Waals surface area contributed by atoms with E-state index in [-0.39, 0.29) is 11.9 Å². The van der Waals surface area contributed by atoms with Gasteiger partial charge in [-0.3, -0.25) is 10.1 Å². The van der Waals surface area contributed by atoms with E-state index in [9.17, 15) is 4.79 Å². The molecule has 0 saturated heterocycles. The van der Waals surface area contributed by atoms with Gasteiger partial charge in [-0.25, -0.2) is 0 Å². The van der Waals surface area contributed by atoms with Gasteiger partial charge >= 0.3 is 0 Å². The Balaban J connectivity index is 1.50. The molecule has 0 aromatic heterocycles. The summed E-state index contributed by atoms with van der Waals surface area (Å²) in [6.07, 6.45) is 1.11. The first-order valence-electron chi connectivity index (χ1n) is 7.04. The van der Waals surface area contributed by atoms with Crippen LogP contribution in [0.15, 0.2) is 54.6 Å². The Morgan fingerprint density at radius 1 is 1.00 bits per heavy atom. The molecule has 1 aliphatic heterocycles. The summed E-state index contributed by atoms with van der Waals surface area (Å²) in [6.45, 7) is 0. The second-order valence-corrected chi connectivity index (χ2v) is 5.54. The zero-order chi connectivity index (χ0) is 13.5. The highest BCUT2D eigenvalue weighted by Gasteiger charge is 2.42. The maximum absolute atomic E-state index is 12.1. The molecule has 4 rings (SSSR count). The van der Waals surface area contributed by atoms with Crippen molar-refractivity contribution in [1.82, 2.24) is 5.32 Å². The smallest absolute Gasteiger partial charge is 0.246 e. The summed E-state index contributed by atoms with van der Waals surface area (Å²) in [4.78, 5) is 12.1. The molecule has 100 valence electrons. The summed E-state index contributed by atoms with van der Waals surface area (Å²) in [5, 5.41) is 6.43. The summed E-state index contributed by atoms with van der Waals surface area (Å²) in [5.41, 5.74) is 3.36. The Labute approximate surface area is 118 Å². The fourth-order valence-electron chi connectivity index (χ4n) is 3.04. The second-order valence-electron chi connectivity index (χ2n) is 5.54. The average Bonchev–Trinajstić information content (AvgIpc) is 3.19. The number of hydrogen-bond donors (Lipinski definition) is 2. The standard InChI is InChI=1S/C17H16N2O/c20-17-16(12-8-4-5-9-14(12)19-17)18-15-10-13(15)11-6-2-1-3-7-11/h1-9,13,15-16,18H,10H2,(H,19,20). The fourth-order valence-corrected chi connectivity index (χ4v) is 3.04. The molecule has 0 bridgehead atoms. The van der Waals surface area contributed by atoms with Crippen LogP contribution in [0, 0.1) is 0 Å². The SMILES string of the molecule is O=C1Nc2ccccc2C1NC1CC1c1ccccc1. The quantitative estimate of drug-likeness (QED) is 0.895. The summed E-state index contributed by atoms with van der Waals surface area (Å²) >= 11 is 0. The molecule has 20 heavy (non-hydrogen) atoms. The average molecular weight is 264 g/mol. The third-order valence-corrected chi connectivity index (χ3v) is 4.19. The van der Waals surface area contributed by atoms with Crippen molar-refractivity contribution in [2.75, 3.05) is 5.32 Å². The molecule has 1 fully saturated rings. The molecule has 1 heterocycles. The van der Waals surface area contributed by atoms with Gasteiger partial charge in [-0.1, -0.05) is 48.5 Å². The van der Waals surface area contributed by atoms with E-state index < -0.39 is 0 Å². The first-order chi connectivity index (χ1) is 9.83. The van der Waals surface area contributed by atoms with Gasteiger partial charge in [0.15, 0.2) is 0 Å². The van der Waals surface area contributed by atoms with Crippen molar-refractivity contribution in [2.24, 2.45) is 0 Å². The molecule has 3 atom stereocenters. The molecule has 1 amide bonds. The van der Waals surface area contributed by atoms with E-state index >= 15 is 0 Å². The van der Waals surface area contributed by atoms with Crippen LogP contribution in [0.1, 0.15) is 29.5 Å². The van der Waals surface area contributed by atoms with Crippen molar-refractivity contribution in [2.45, 2.75) is 24.4 Å². The number of carbonyl (C=O) groups is 1. The Hall–Kier alpha value is -2.13. The number of rotatable bonds is 3. The van der Waals surface area contributed by atoms with Gasteiger partial charge in [-0.2, -0.15) is 0 Å². The molecular weight excluding hydrogens is 248 g/mol. The maximum atomic E-state index is 12.1. The number of benzene rings is 2. The molecule has 3 unspecified atom stereocenters. The lowest BCUT2D eigenvalue weighted by atomic mass is 10.1. The van der Waals surface area contributed by atoms with Crippen molar-refractivity contribution in [3.8, 4) is 0 Å². The van der Waals surface area contributed by atoms with Gasteiger partial charge in [0.25, 0.3) is 0 Å². The number of fused-ring (bicyclic) bond motifs is 1. The molecule has 0 radical (unpaired) electrons. The summed E-state index contributed by atoms with van der Waals surface area (Å²) in [5.74, 6) is 0.599. The van der Waals surface area contributed by atoms with Crippen LogP contribution in [0.4, 0.5) is 5.69 Å². The number of hydrogen-bond acceptors (Lipinski definition) is 2. The van der Waals surface area contributed by atoms with Gasteiger partial charge in [0.2, 0.25) is 5.91 Å². The van der Waals surface area contributed by atoms with Gasteiger partial charge in [0.05, 0.1) is 0 Å². The van der Waals surface area contributed by atoms with E-state index in [1.165, 1.54) is 5.56 Å². The van der Waals surface area contributed by atoms with Gasteiger partial charge in [0.1, 0.15) is 6.04 Å². The number of nitrogens with one attached hydrogen (secondary N) is 2. The molecule has 3 heteroatoms. The zero-order valence-electron chi connectivity index (χ0n) is 11.0. The Kier molecular flexibility index (Phi) is 2.60. The van der Waals surface area contributed by atoms with E-state index in [4.69, 9.17) is 0 Å². The fraction of sp³-hybridized carbons (Fsp3) is 0.235. The normalized spacial score (nSPS) is 27.0. The van der Waals surface area contributed by atoms with Crippen LogP contribution < -0.4 is 10.6 Å². The van der Waals surface area contributed by atoms with E-state index in [1.54, 1.807) is 0 Å². The summed E-state index contributed by atoms with van der Waals surface area (Å²) < 4.78 is 0. The molecule has 2 aromatic rings. The monoisotopic (exact) mass is 264 g/mol. The highest BCUT2D eigenvalue weighted by atomic mass is 16.2. The van der Waals surface area contributed by atoms with Crippen molar-refractivity contribution < 1.29 is 4.79 Å². The molecule has 1 saturated carbocycles. The van der Waals surface area contributed by atoms with Gasteiger partial charge in [-0.05, 0) is 18.1 Å². The lowest BCUT2D eigenvalue weighted by Gasteiger charge is -2.11. The zero-order valence-corrected chi connectivity index (χ0v) is 11.0. The lowest BCUT2D eigenvalue weighted by Crippen LogP contribution is -2.29. The van der Waals surface area contributed by atoms with E-state index in [0.717, 1.165) is 17.7 Å². The van der Waals surface area contributed by atoms with Crippen molar-refractivity contribution in [3.05, 3.63) is 65.7 Å². The van der Waals surface area contributed by atoms with Crippen molar-refractivity contribution in [1.29, 1.82) is 0 Å². The molecular formula is C17H16N2O. The highest BCUT2D eigenvalue weighted by molar-refractivity contribution is 6.02. The van der Waals surface area contributed by atoms with Crippen LogP contribution in [0.3, 0.4) is 0 Å². The first-order valence-corrected chi connectivity index (χ1v) is 7.04. The van der Waals surface area contributed by atoms with Crippen LogP contribution in [-0.2, 0) is 4.79 Å². The minimum absolute atomic E-state index is 0.0601. The third kappa shape index (κ3) is 1.91. The molecule has 2 aliphatic rings. The summed E-state index contributed by atoms with van der Waals surface area (Å²) in [6, 6.07) is 18.6. The van der Waals surface area contributed by atoms with Crippen LogP contribution in [-0.4, -0.2) is 11.9 Å². The number of anilines is 1. The minimum Gasteiger partial charge on any atom is -0.324 e. The highest BCUT2D eigenvalue weighted by Crippen LogP contribution is 2.43. The molecule has 0 spiro atoms. The second kappa shape index (κ2) is 4.46. The third-order valence-electron chi connectivity index (χ3n) is 4.19. The predicted octanol–water partition coefficient (Wildman–Crippen LogP) is 2.83. The first kappa shape index (κ1) is 11.7. The molecule has 2 aromatic carbocycles. The van der Waals surface area contributed by atoms with E-state index in [2.05, 4.69) is 34.9 Å². The molecule has 2 N–H and O–H groups in total. The number of amides is 1. The van der Waals surface area contributed by atoms with Crippen LogP contribution in [0.25, 0.3) is 0 Å². The topological polar surface area (TPSA) is 41.1 Å². The van der Waals surface area contributed by atoms with E-state index in [1.807, 2.05) is 30.3 Å². The van der Waals surface area contributed by atoms with Crippen LogP contribution in [0.2, 0.25) is 0 Å². The number of carbonyl (C=O) groups excluding carboxylic acids is 1. The van der Waals surface area contributed by atoms with Crippen molar-refractivity contribution in [3.63, 3.8) is 0 Å². The van der Waals surface area contributed by atoms with Crippen molar-refractivity contribution >= 4 is 11.6 Å². The van der Waals surface area contributed by atoms with Gasteiger partial charge < -0.3 is 5.32 Å². The Morgan fingerprint density at radius 2 is 1.75 bits per heavy atom. The Bertz CT molecular complexity index is 653. The number of para-hydroxylation sites is 1. The summed E-state index contributed by atoms with van der Waals surface area (Å²) in [7, 11) is 0. The minimum atomic E-state index is -0.204. The van der Waals surface area contributed by atoms with Gasteiger partial charge in [0, 0.05) is 23.2 Å². The lowest BCUT2D eigenvalue weighted by molar-refractivity contribution is -0.117. The van der Waals surface area contributed by atoms with Crippen LogP contribution >= 0.6 is 0 Å². The largest absolute Gasteiger partial charge is 0.324 e. The van der Waals surface area contributed by atoms with Crippen LogP contribution in [0.5, 0.6) is 0 Å². The molecule has 3 nitrogen and oxygen atoms in total.